The Bertz CT molecular complexity index is 538. The maximum atomic E-state index is 13.7. The summed E-state index contributed by atoms with van der Waals surface area (Å²) in [6.07, 6.45) is 1.07. The van der Waals surface area contributed by atoms with Crippen LogP contribution in [0.15, 0.2) is 23.6 Å². The number of aryl methyl sites for hydroxylation is 1. The SMILES string of the molecule is Cc1nc(CC(Cc2c(F)cccc2Cl)NN)cs1. The van der Waals surface area contributed by atoms with E-state index >= 15 is 0 Å². The number of hydrogen-bond acceptors (Lipinski definition) is 4. The summed E-state index contributed by atoms with van der Waals surface area (Å²) in [5.74, 6) is 5.23. The molecule has 0 fully saturated rings. The van der Waals surface area contributed by atoms with Crippen LogP contribution in [0.4, 0.5) is 4.39 Å². The van der Waals surface area contributed by atoms with E-state index in [2.05, 4.69) is 10.4 Å². The van der Waals surface area contributed by atoms with Gasteiger partial charge in [0.2, 0.25) is 0 Å². The second-order valence-corrected chi connectivity index (χ2v) is 5.80. The molecule has 1 aromatic carbocycles. The summed E-state index contributed by atoms with van der Waals surface area (Å²) in [6, 6.07) is 4.58. The van der Waals surface area contributed by atoms with E-state index in [1.165, 1.54) is 6.07 Å². The van der Waals surface area contributed by atoms with Crippen molar-refractivity contribution in [3.63, 3.8) is 0 Å². The molecule has 0 bridgehead atoms. The molecule has 0 saturated carbocycles. The lowest BCUT2D eigenvalue weighted by Crippen LogP contribution is -2.38. The number of hydrazine groups is 1. The first-order valence-electron chi connectivity index (χ1n) is 5.90. The second kappa shape index (κ2) is 6.43. The van der Waals surface area contributed by atoms with Gasteiger partial charge in [0, 0.05) is 28.4 Å². The fraction of sp³-hybridized carbons (Fsp3) is 0.308. The molecular weight excluding hydrogens is 285 g/mol. The molecule has 1 aromatic heterocycles. The van der Waals surface area contributed by atoms with Crippen molar-refractivity contribution < 1.29 is 4.39 Å². The maximum absolute atomic E-state index is 13.7. The standard InChI is InChI=1S/C13H15ClFN3S/c1-8-17-10(7-19-8)5-9(18-16)6-11-12(14)3-2-4-13(11)15/h2-4,7,9,18H,5-6,16H2,1H3. The lowest BCUT2D eigenvalue weighted by Gasteiger charge is -2.16. The van der Waals surface area contributed by atoms with E-state index in [1.807, 2.05) is 12.3 Å². The summed E-state index contributed by atoms with van der Waals surface area (Å²) in [4.78, 5) is 4.38. The molecule has 0 aliphatic carbocycles. The molecule has 19 heavy (non-hydrogen) atoms. The monoisotopic (exact) mass is 299 g/mol. The largest absolute Gasteiger partial charge is 0.271 e. The summed E-state index contributed by atoms with van der Waals surface area (Å²) in [5.41, 5.74) is 4.14. The predicted molar refractivity (Wildman–Crippen MR) is 76.8 cm³/mol. The normalized spacial score (nSPS) is 12.6. The summed E-state index contributed by atoms with van der Waals surface area (Å²) in [6.45, 7) is 1.95. The smallest absolute Gasteiger partial charge is 0.127 e. The van der Waals surface area contributed by atoms with Gasteiger partial charge < -0.3 is 0 Å². The van der Waals surface area contributed by atoms with Crippen molar-refractivity contribution >= 4 is 22.9 Å². The zero-order chi connectivity index (χ0) is 13.8. The van der Waals surface area contributed by atoms with Gasteiger partial charge in [-0.15, -0.1) is 11.3 Å². The molecule has 0 radical (unpaired) electrons. The van der Waals surface area contributed by atoms with Gasteiger partial charge >= 0.3 is 0 Å². The molecule has 0 spiro atoms. The third kappa shape index (κ3) is 3.73. The minimum atomic E-state index is -0.304. The molecule has 0 aliphatic heterocycles. The summed E-state index contributed by atoms with van der Waals surface area (Å²) < 4.78 is 13.7. The zero-order valence-corrected chi connectivity index (χ0v) is 12.1. The zero-order valence-electron chi connectivity index (χ0n) is 10.5. The van der Waals surface area contributed by atoms with Crippen LogP contribution in [0.25, 0.3) is 0 Å². The van der Waals surface area contributed by atoms with Crippen molar-refractivity contribution in [2.45, 2.75) is 25.8 Å². The Morgan fingerprint density at radius 1 is 1.47 bits per heavy atom. The van der Waals surface area contributed by atoms with E-state index in [0.717, 1.165) is 10.7 Å². The molecule has 1 unspecified atom stereocenters. The molecule has 3 nitrogen and oxygen atoms in total. The number of nitrogens with zero attached hydrogens (tertiary/aromatic N) is 1. The molecule has 0 amide bonds. The Labute approximate surface area is 120 Å². The van der Waals surface area contributed by atoms with Crippen molar-refractivity contribution in [3.8, 4) is 0 Å². The van der Waals surface area contributed by atoms with Crippen LogP contribution in [0.1, 0.15) is 16.3 Å². The van der Waals surface area contributed by atoms with Gasteiger partial charge in [-0.05, 0) is 25.5 Å². The van der Waals surface area contributed by atoms with Gasteiger partial charge in [0.15, 0.2) is 0 Å². The molecule has 1 atom stereocenters. The highest BCUT2D eigenvalue weighted by Crippen LogP contribution is 2.21. The third-order valence-electron chi connectivity index (χ3n) is 2.87. The minimum absolute atomic E-state index is 0.101. The van der Waals surface area contributed by atoms with Crippen molar-refractivity contribution in [1.82, 2.24) is 10.4 Å². The van der Waals surface area contributed by atoms with Crippen molar-refractivity contribution in [2.75, 3.05) is 0 Å². The first kappa shape index (κ1) is 14.4. The number of rotatable bonds is 5. The topological polar surface area (TPSA) is 50.9 Å². The third-order valence-corrected chi connectivity index (χ3v) is 4.05. The van der Waals surface area contributed by atoms with Crippen LogP contribution in [-0.2, 0) is 12.8 Å². The number of nitrogens with one attached hydrogen (secondary N) is 1. The van der Waals surface area contributed by atoms with Gasteiger partial charge in [-0.3, -0.25) is 11.3 Å². The molecule has 1 heterocycles. The number of aromatic nitrogens is 1. The van der Waals surface area contributed by atoms with Gasteiger partial charge in [-0.25, -0.2) is 9.37 Å². The number of nitrogens with two attached hydrogens (primary N) is 1. The van der Waals surface area contributed by atoms with E-state index in [4.69, 9.17) is 17.4 Å². The summed E-state index contributed by atoms with van der Waals surface area (Å²) in [5, 5.41) is 3.42. The Kier molecular flexibility index (Phi) is 4.87. The Balaban J connectivity index is 2.11. The van der Waals surface area contributed by atoms with Crippen LogP contribution < -0.4 is 11.3 Å². The highest BCUT2D eigenvalue weighted by molar-refractivity contribution is 7.09. The molecule has 2 rings (SSSR count). The second-order valence-electron chi connectivity index (χ2n) is 4.33. The van der Waals surface area contributed by atoms with Crippen LogP contribution in [0.3, 0.4) is 0 Å². The van der Waals surface area contributed by atoms with Gasteiger partial charge in [0.1, 0.15) is 5.82 Å². The highest BCUT2D eigenvalue weighted by Gasteiger charge is 2.15. The molecule has 0 saturated heterocycles. The van der Waals surface area contributed by atoms with Crippen molar-refractivity contribution in [3.05, 3.63) is 50.7 Å². The molecule has 6 heteroatoms. The van der Waals surface area contributed by atoms with Crippen molar-refractivity contribution in [1.29, 1.82) is 0 Å². The van der Waals surface area contributed by atoms with Gasteiger partial charge in [0.05, 0.1) is 10.7 Å². The number of halogens is 2. The van der Waals surface area contributed by atoms with E-state index in [1.54, 1.807) is 23.5 Å². The molecular formula is C13H15ClFN3S. The van der Waals surface area contributed by atoms with Gasteiger partial charge in [-0.1, -0.05) is 17.7 Å². The lowest BCUT2D eigenvalue weighted by atomic mass is 10.0. The summed E-state index contributed by atoms with van der Waals surface area (Å²) in [7, 11) is 0. The average molecular weight is 300 g/mol. The lowest BCUT2D eigenvalue weighted by molar-refractivity contribution is 0.503. The first-order valence-corrected chi connectivity index (χ1v) is 7.16. The molecule has 0 aliphatic rings. The van der Waals surface area contributed by atoms with Crippen LogP contribution in [-0.4, -0.2) is 11.0 Å². The highest BCUT2D eigenvalue weighted by atomic mass is 35.5. The predicted octanol–water partition coefficient (Wildman–Crippen LogP) is 2.86. The number of hydrogen-bond donors (Lipinski definition) is 2. The van der Waals surface area contributed by atoms with Crippen LogP contribution in [0, 0.1) is 12.7 Å². The first-order chi connectivity index (χ1) is 9.10. The van der Waals surface area contributed by atoms with Gasteiger partial charge in [0.25, 0.3) is 0 Å². The number of benzene rings is 1. The fourth-order valence-electron chi connectivity index (χ4n) is 1.92. The molecule has 2 aromatic rings. The van der Waals surface area contributed by atoms with Crippen LogP contribution in [0.2, 0.25) is 5.02 Å². The fourth-order valence-corrected chi connectivity index (χ4v) is 2.78. The van der Waals surface area contributed by atoms with E-state index in [0.29, 0.717) is 23.4 Å². The minimum Gasteiger partial charge on any atom is -0.271 e. The average Bonchev–Trinajstić information content (AvgIpc) is 2.78. The Morgan fingerprint density at radius 3 is 2.84 bits per heavy atom. The van der Waals surface area contributed by atoms with Crippen LogP contribution >= 0.6 is 22.9 Å². The summed E-state index contributed by atoms with van der Waals surface area (Å²) >= 11 is 7.61. The maximum Gasteiger partial charge on any atom is 0.127 e. The number of thiazole rings is 1. The van der Waals surface area contributed by atoms with Crippen molar-refractivity contribution in [2.24, 2.45) is 5.84 Å². The van der Waals surface area contributed by atoms with E-state index in [9.17, 15) is 4.39 Å². The molecule has 3 N–H and O–H groups in total. The van der Waals surface area contributed by atoms with E-state index < -0.39 is 0 Å². The van der Waals surface area contributed by atoms with Crippen LogP contribution in [0.5, 0.6) is 0 Å². The van der Waals surface area contributed by atoms with Gasteiger partial charge in [-0.2, -0.15) is 0 Å². The van der Waals surface area contributed by atoms with E-state index in [-0.39, 0.29) is 11.9 Å². The Morgan fingerprint density at radius 2 is 2.26 bits per heavy atom. The Hall–Kier alpha value is -1.01. The molecule has 102 valence electrons. The quantitative estimate of drug-likeness (QED) is 0.659.